The van der Waals surface area contributed by atoms with Crippen LogP contribution in [0, 0.1) is 0 Å². The van der Waals surface area contributed by atoms with Gasteiger partial charge in [-0.1, -0.05) is 0 Å². The van der Waals surface area contributed by atoms with Gasteiger partial charge in [0.05, 0.1) is 24.4 Å². The minimum absolute atomic E-state index is 0.0350. The van der Waals surface area contributed by atoms with Crippen molar-refractivity contribution in [1.82, 2.24) is 4.90 Å². The second-order valence-electron chi connectivity index (χ2n) is 4.25. The summed E-state index contributed by atoms with van der Waals surface area (Å²) < 4.78 is 11.2. The standard InChI is InChI=1S/C15H16BrNO3/c1-3-17(10-12-5-4-8-20-12)15(18)11-6-7-14(19-2)13(16)9-11/h4-9H,3,10H2,1-2H3. The van der Waals surface area contributed by atoms with Gasteiger partial charge in [0.25, 0.3) is 5.91 Å². The summed E-state index contributed by atoms with van der Waals surface area (Å²) >= 11 is 3.39. The zero-order chi connectivity index (χ0) is 14.5. The highest BCUT2D eigenvalue weighted by atomic mass is 79.9. The van der Waals surface area contributed by atoms with Crippen LogP contribution in [-0.4, -0.2) is 24.5 Å². The first-order valence-electron chi connectivity index (χ1n) is 6.31. The van der Waals surface area contributed by atoms with Gasteiger partial charge in [-0.25, -0.2) is 0 Å². The Hall–Kier alpha value is -1.75. The monoisotopic (exact) mass is 337 g/mol. The Balaban J connectivity index is 2.17. The molecular weight excluding hydrogens is 322 g/mol. The average molecular weight is 338 g/mol. The van der Waals surface area contributed by atoms with Crippen LogP contribution >= 0.6 is 15.9 Å². The molecule has 106 valence electrons. The molecule has 5 heteroatoms. The number of hydrogen-bond acceptors (Lipinski definition) is 3. The van der Waals surface area contributed by atoms with E-state index in [9.17, 15) is 4.79 Å². The molecule has 1 aromatic heterocycles. The Bertz CT molecular complexity index is 581. The van der Waals surface area contributed by atoms with Crippen LogP contribution in [-0.2, 0) is 6.54 Å². The summed E-state index contributed by atoms with van der Waals surface area (Å²) in [4.78, 5) is 14.2. The first-order chi connectivity index (χ1) is 9.65. The summed E-state index contributed by atoms with van der Waals surface area (Å²) in [5.74, 6) is 1.44. The van der Waals surface area contributed by atoms with Crippen LogP contribution in [0.4, 0.5) is 0 Å². The van der Waals surface area contributed by atoms with Crippen molar-refractivity contribution in [3.8, 4) is 5.75 Å². The summed E-state index contributed by atoms with van der Waals surface area (Å²) in [7, 11) is 1.59. The van der Waals surface area contributed by atoms with E-state index in [1.807, 2.05) is 19.1 Å². The molecule has 1 aromatic carbocycles. The van der Waals surface area contributed by atoms with E-state index in [1.165, 1.54) is 0 Å². The SMILES string of the molecule is CCN(Cc1ccco1)C(=O)c1ccc(OC)c(Br)c1. The number of amides is 1. The molecule has 0 N–H and O–H groups in total. The minimum atomic E-state index is -0.0350. The third-order valence-electron chi connectivity index (χ3n) is 2.99. The molecular formula is C15H16BrNO3. The van der Waals surface area contributed by atoms with Crippen molar-refractivity contribution < 1.29 is 13.9 Å². The van der Waals surface area contributed by atoms with Crippen LogP contribution < -0.4 is 4.74 Å². The Morgan fingerprint density at radius 1 is 1.40 bits per heavy atom. The predicted octanol–water partition coefficient (Wildman–Crippen LogP) is 3.71. The van der Waals surface area contributed by atoms with E-state index in [4.69, 9.17) is 9.15 Å². The number of rotatable bonds is 5. The van der Waals surface area contributed by atoms with Crippen LogP contribution in [0.15, 0.2) is 45.5 Å². The van der Waals surface area contributed by atoms with E-state index < -0.39 is 0 Å². The molecule has 0 unspecified atom stereocenters. The molecule has 4 nitrogen and oxygen atoms in total. The highest BCUT2D eigenvalue weighted by molar-refractivity contribution is 9.10. The van der Waals surface area contributed by atoms with Gasteiger partial charge in [-0.2, -0.15) is 0 Å². The number of benzene rings is 1. The van der Waals surface area contributed by atoms with E-state index in [2.05, 4.69) is 15.9 Å². The van der Waals surface area contributed by atoms with Gasteiger partial charge in [0.1, 0.15) is 11.5 Å². The fraction of sp³-hybridized carbons (Fsp3) is 0.267. The van der Waals surface area contributed by atoms with Gasteiger partial charge in [0.15, 0.2) is 0 Å². The number of nitrogens with zero attached hydrogens (tertiary/aromatic N) is 1. The maximum Gasteiger partial charge on any atom is 0.254 e. The first-order valence-corrected chi connectivity index (χ1v) is 7.10. The number of furan rings is 1. The van der Waals surface area contributed by atoms with E-state index in [0.717, 1.165) is 10.2 Å². The first kappa shape index (κ1) is 14.7. The highest BCUT2D eigenvalue weighted by Gasteiger charge is 2.16. The number of methoxy groups -OCH3 is 1. The minimum Gasteiger partial charge on any atom is -0.496 e. The van der Waals surface area contributed by atoms with Gasteiger partial charge in [-0.3, -0.25) is 4.79 Å². The van der Waals surface area contributed by atoms with Gasteiger partial charge in [-0.15, -0.1) is 0 Å². The van der Waals surface area contributed by atoms with Gasteiger partial charge >= 0.3 is 0 Å². The summed E-state index contributed by atoms with van der Waals surface area (Å²) in [5.41, 5.74) is 0.617. The number of ether oxygens (including phenoxy) is 1. The number of carbonyl (C=O) groups excluding carboxylic acids is 1. The van der Waals surface area contributed by atoms with Crippen LogP contribution in [0.2, 0.25) is 0 Å². The molecule has 20 heavy (non-hydrogen) atoms. The molecule has 0 radical (unpaired) electrons. The molecule has 0 aliphatic rings. The van der Waals surface area contributed by atoms with Crippen molar-refractivity contribution in [3.63, 3.8) is 0 Å². The predicted molar refractivity (Wildman–Crippen MR) is 79.8 cm³/mol. The van der Waals surface area contributed by atoms with Crippen LogP contribution in [0.5, 0.6) is 5.75 Å². The molecule has 0 saturated carbocycles. The zero-order valence-electron chi connectivity index (χ0n) is 11.4. The fourth-order valence-electron chi connectivity index (χ4n) is 1.90. The molecule has 0 fully saturated rings. The van der Waals surface area contributed by atoms with Crippen LogP contribution in [0.1, 0.15) is 23.0 Å². The summed E-state index contributed by atoms with van der Waals surface area (Å²) in [5, 5.41) is 0. The molecule has 2 aromatic rings. The largest absolute Gasteiger partial charge is 0.496 e. The van der Waals surface area contributed by atoms with Crippen molar-refractivity contribution in [2.24, 2.45) is 0 Å². The van der Waals surface area contributed by atoms with E-state index in [1.54, 1.807) is 36.5 Å². The van der Waals surface area contributed by atoms with Crippen LogP contribution in [0.3, 0.4) is 0 Å². The van der Waals surface area contributed by atoms with Crippen molar-refractivity contribution in [1.29, 1.82) is 0 Å². The maximum absolute atomic E-state index is 12.5. The number of hydrogen-bond donors (Lipinski definition) is 0. The maximum atomic E-state index is 12.5. The number of halogens is 1. The van der Waals surface area contributed by atoms with Gasteiger partial charge in [0.2, 0.25) is 0 Å². The smallest absolute Gasteiger partial charge is 0.254 e. The lowest BCUT2D eigenvalue weighted by Gasteiger charge is -2.20. The second-order valence-corrected chi connectivity index (χ2v) is 5.10. The van der Waals surface area contributed by atoms with Crippen molar-refractivity contribution in [2.45, 2.75) is 13.5 Å². The normalized spacial score (nSPS) is 10.3. The summed E-state index contributed by atoms with van der Waals surface area (Å²) in [6, 6.07) is 8.98. The second kappa shape index (κ2) is 6.61. The zero-order valence-corrected chi connectivity index (χ0v) is 13.0. The Morgan fingerprint density at radius 3 is 2.75 bits per heavy atom. The molecule has 0 atom stereocenters. The van der Waals surface area contributed by atoms with E-state index in [0.29, 0.717) is 24.4 Å². The summed E-state index contributed by atoms with van der Waals surface area (Å²) in [6.45, 7) is 3.02. The fourth-order valence-corrected chi connectivity index (χ4v) is 2.44. The van der Waals surface area contributed by atoms with Crippen molar-refractivity contribution in [3.05, 3.63) is 52.4 Å². The van der Waals surface area contributed by atoms with E-state index >= 15 is 0 Å². The molecule has 2 rings (SSSR count). The third-order valence-corrected chi connectivity index (χ3v) is 3.61. The van der Waals surface area contributed by atoms with Crippen LogP contribution in [0.25, 0.3) is 0 Å². The van der Waals surface area contributed by atoms with Gasteiger partial charge < -0.3 is 14.1 Å². The molecule has 0 aliphatic heterocycles. The molecule has 0 bridgehead atoms. The molecule has 0 aliphatic carbocycles. The number of carbonyl (C=O) groups is 1. The summed E-state index contributed by atoms with van der Waals surface area (Å²) in [6.07, 6.45) is 1.61. The Morgan fingerprint density at radius 2 is 2.20 bits per heavy atom. The van der Waals surface area contributed by atoms with Crippen molar-refractivity contribution in [2.75, 3.05) is 13.7 Å². The van der Waals surface area contributed by atoms with Gasteiger partial charge in [0, 0.05) is 12.1 Å². The molecule has 0 saturated heterocycles. The van der Waals surface area contributed by atoms with E-state index in [-0.39, 0.29) is 5.91 Å². The lowest BCUT2D eigenvalue weighted by Crippen LogP contribution is -2.30. The highest BCUT2D eigenvalue weighted by Crippen LogP contribution is 2.26. The molecule has 0 spiro atoms. The van der Waals surface area contributed by atoms with Gasteiger partial charge in [-0.05, 0) is 53.2 Å². The molecule has 1 heterocycles. The lowest BCUT2D eigenvalue weighted by atomic mass is 10.2. The Labute approximate surface area is 126 Å². The Kier molecular flexibility index (Phi) is 4.84. The topological polar surface area (TPSA) is 42.7 Å². The molecule has 1 amide bonds. The third kappa shape index (κ3) is 3.22. The lowest BCUT2D eigenvalue weighted by molar-refractivity contribution is 0.0741. The van der Waals surface area contributed by atoms with Crippen molar-refractivity contribution >= 4 is 21.8 Å². The average Bonchev–Trinajstić information content (AvgIpc) is 2.97. The quantitative estimate of drug-likeness (QED) is 0.835.